The Hall–Kier alpha value is -3.03. The van der Waals surface area contributed by atoms with Crippen LogP contribution in [0.15, 0.2) is 66.4 Å². The van der Waals surface area contributed by atoms with Crippen molar-refractivity contribution in [2.45, 2.75) is 57.3 Å². The van der Waals surface area contributed by atoms with Gasteiger partial charge in [-0.1, -0.05) is 38.1 Å². The van der Waals surface area contributed by atoms with Crippen LogP contribution in [0.4, 0.5) is 37.7 Å². The van der Waals surface area contributed by atoms with E-state index in [4.69, 9.17) is 0 Å². The van der Waals surface area contributed by atoms with Crippen LogP contribution in [0.1, 0.15) is 50.8 Å². The summed E-state index contributed by atoms with van der Waals surface area (Å²) < 4.78 is 81.7. The molecular formula is C28H29F6N2+. The topological polar surface area (TPSA) is 6.25 Å². The van der Waals surface area contributed by atoms with E-state index in [1.54, 1.807) is 26.0 Å². The molecule has 2 nitrogen and oxygen atoms in total. The second kappa shape index (κ2) is 8.53. The fourth-order valence-electron chi connectivity index (χ4n) is 5.36. The molecule has 2 aliphatic rings. The first-order chi connectivity index (χ1) is 16.5. The molecule has 0 aliphatic carbocycles. The maximum absolute atomic E-state index is 13.4. The maximum atomic E-state index is 13.4. The molecule has 36 heavy (non-hydrogen) atoms. The van der Waals surface area contributed by atoms with Gasteiger partial charge in [0.25, 0.3) is 0 Å². The lowest BCUT2D eigenvalue weighted by Gasteiger charge is -2.27. The molecule has 0 bridgehead atoms. The number of alkyl halides is 6. The number of allylic oxidation sites excluding steroid dienone is 4. The molecule has 4 rings (SSSR count). The van der Waals surface area contributed by atoms with Crippen LogP contribution in [-0.4, -0.2) is 30.1 Å². The first-order valence-corrected chi connectivity index (χ1v) is 11.7. The average molecular weight is 508 g/mol. The van der Waals surface area contributed by atoms with Gasteiger partial charge in [-0.15, -0.1) is 0 Å². The molecule has 0 atom stereocenters. The fraction of sp³-hybridized carbons (Fsp3) is 0.393. The van der Waals surface area contributed by atoms with Crippen LogP contribution in [0, 0.1) is 0 Å². The highest BCUT2D eigenvalue weighted by Gasteiger charge is 2.44. The summed E-state index contributed by atoms with van der Waals surface area (Å²) >= 11 is 0. The van der Waals surface area contributed by atoms with Crippen molar-refractivity contribution in [3.8, 4) is 0 Å². The number of nitrogens with zero attached hydrogens (tertiary/aromatic N) is 2. The van der Waals surface area contributed by atoms with Gasteiger partial charge in [-0.2, -0.15) is 30.9 Å². The number of para-hydroxylation sites is 1. The van der Waals surface area contributed by atoms with E-state index in [2.05, 4.69) is 24.5 Å². The summed E-state index contributed by atoms with van der Waals surface area (Å²) in [4.78, 5) is 1.50. The van der Waals surface area contributed by atoms with Gasteiger partial charge in [0, 0.05) is 41.1 Å². The quantitative estimate of drug-likeness (QED) is 0.301. The van der Waals surface area contributed by atoms with Crippen molar-refractivity contribution in [2.75, 3.05) is 18.5 Å². The van der Waals surface area contributed by atoms with Gasteiger partial charge in [0.05, 0.1) is 17.4 Å². The number of hydrogen-bond donors (Lipinski definition) is 0. The fourth-order valence-corrected chi connectivity index (χ4v) is 5.36. The molecule has 0 saturated carbocycles. The lowest BCUT2D eigenvalue weighted by molar-refractivity contribution is -0.401. The number of hydrogen-bond acceptors (Lipinski definition) is 1. The van der Waals surface area contributed by atoms with Crippen LogP contribution >= 0.6 is 0 Å². The minimum atomic E-state index is -4.54. The molecule has 0 aromatic heterocycles. The van der Waals surface area contributed by atoms with E-state index < -0.39 is 29.8 Å². The minimum Gasteiger partial charge on any atom is -0.344 e. The Kier molecular flexibility index (Phi) is 6.17. The number of benzene rings is 2. The molecule has 0 saturated heterocycles. The van der Waals surface area contributed by atoms with Crippen molar-refractivity contribution in [1.82, 2.24) is 0 Å². The van der Waals surface area contributed by atoms with E-state index in [9.17, 15) is 26.3 Å². The largest absolute Gasteiger partial charge is 0.416 e. The number of fused-ring (bicyclic) bond motifs is 2. The molecule has 2 aromatic rings. The molecular weight excluding hydrogens is 478 g/mol. The van der Waals surface area contributed by atoms with Crippen LogP contribution in [0.3, 0.4) is 0 Å². The van der Waals surface area contributed by atoms with E-state index in [-0.39, 0.29) is 12.0 Å². The molecule has 0 spiro atoms. The van der Waals surface area contributed by atoms with Crippen molar-refractivity contribution < 1.29 is 30.9 Å². The van der Waals surface area contributed by atoms with Crippen LogP contribution < -0.4 is 4.90 Å². The van der Waals surface area contributed by atoms with Gasteiger partial charge in [-0.25, -0.2) is 0 Å². The van der Waals surface area contributed by atoms with Crippen LogP contribution in [0.5, 0.6) is 0 Å². The average Bonchev–Trinajstić information content (AvgIpc) is 3.10. The Morgan fingerprint density at radius 2 is 1.56 bits per heavy atom. The van der Waals surface area contributed by atoms with Crippen molar-refractivity contribution in [2.24, 2.45) is 0 Å². The van der Waals surface area contributed by atoms with Crippen molar-refractivity contribution >= 4 is 17.1 Å². The lowest BCUT2D eigenvalue weighted by atomic mass is 9.81. The normalized spacial score (nSPS) is 20.0. The number of halogens is 6. The first kappa shape index (κ1) is 26.0. The monoisotopic (exact) mass is 507 g/mol. The zero-order valence-corrected chi connectivity index (χ0v) is 20.8. The predicted octanol–water partition coefficient (Wildman–Crippen LogP) is 7.90. The molecule has 0 fully saturated rings. The summed E-state index contributed by atoms with van der Waals surface area (Å²) in [5.41, 5.74) is 2.49. The maximum Gasteiger partial charge on any atom is 0.416 e. The highest BCUT2D eigenvalue weighted by Crippen LogP contribution is 2.50. The molecule has 0 amide bonds. The first-order valence-electron chi connectivity index (χ1n) is 11.7. The summed E-state index contributed by atoms with van der Waals surface area (Å²) in [6, 6.07) is 11.3. The molecule has 0 radical (unpaired) electrons. The van der Waals surface area contributed by atoms with Gasteiger partial charge in [0.2, 0.25) is 5.69 Å². The number of anilines is 1. The molecule has 2 aromatic carbocycles. The van der Waals surface area contributed by atoms with E-state index in [1.807, 2.05) is 31.3 Å². The summed E-state index contributed by atoms with van der Waals surface area (Å²) in [5.74, 6) is 0. The van der Waals surface area contributed by atoms with Crippen LogP contribution in [0.25, 0.3) is 0 Å². The van der Waals surface area contributed by atoms with Crippen molar-refractivity contribution in [1.29, 1.82) is 0 Å². The van der Waals surface area contributed by atoms with E-state index >= 15 is 0 Å². The van der Waals surface area contributed by atoms with Crippen LogP contribution in [-0.2, 0) is 17.0 Å². The van der Waals surface area contributed by atoms with Crippen molar-refractivity contribution in [3.63, 3.8) is 0 Å². The lowest BCUT2D eigenvalue weighted by Crippen LogP contribution is -2.29. The van der Waals surface area contributed by atoms with E-state index in [0.29, 0.717) is 16.9 Å². The second-order valence-electron chi connectivity index (χ2n) is 10.4. The second-order valence-corrected chi connectivity index (χ2v) is 10.4. The third-order valence-electron chi connectivity index (χ3n) is 7.29. The molecule has 0 N–H and O–H groups in total. The summed E-state index contributed by atoms with van der Waals surface area (Å²) in [5, 5.41) is 0. The molecule has 2 aliphatic heterocycles. The number of rotatable bonds is 4. The van der Waals surface area contributed by atoms with Gasteiger partial charge in [0.1, 0.15) is 7.05 Å². The summed E-state index contributed by atoms with van der Waals surface area (Å²) in [7, 11) is 1.96. The zero-order chi connectivity index (χ0) is 26.7. The molecule has 0 unspecified atom stereocenters. The standard InChI is InChI=1S/C28H29F6N2/c1-25(2)19-9-6-7-10-21(19)35(5)23(25)11-8-12-24-26(3,4)20-17-18(28(32,33)34)13-14-22(20)36(24)16-15-27(29,30)31/h6-14,17H,15-16H2,1-5H3/q+1. The predicted molar refractivity (Wildman–Crippen MR) is 130 cm³/mol. The Morgan fingerprint density at radius 1 is 0.889 bits per heavy atom. The highest BCUT2D eigenvalue weighted by molar-refractivity contribution is 6.03. The Labute approximate surface area is 207 Å². The van der Waals surface area contributed by atoms with Gasteiger partial charge >= 0.3 is 12.4 Å². The van der Waals surface area contributed by atoms with E-state index in [0.717, 1.165) is 23.5 Å². The Bertz CT molecular complexity index is 1280. The minimum absolute atomic E-state index is 0.286. The zero-order valence-electron chi connectivity index (χ0n) is 20.8. The van der Waals surface area contributed by atoms with Crippen molar-refractivity contribution in [3.05, 3.63) is 83.1 Å². The molecule has 2 heterocycles. The third kappa shape index (κ3) is 4.46. The van der Waals surface area contributed by atoms with Gasteiger partial charge in [0.15, 0.2) is 5.71 Å². The SMILES string of the molecule is C[N+]1=C(C=CC=C2N(CCC(F)(F)F)c3ccc(C(F)(F)F)cc3C2(C)C)C(C)(C)c2ccccc21. The third-order valence-corrected chi connectivity index (χ3v) is 7.29. The van der Waals surface area contributed by atoms with Crippen LogP contribution in [0.2, 0.25) is 0 Å². The molecule has 8 heteroatoms. The Balaban J connectivity index is 1.76. The molecule has 192 valence electrons. The van der Waals surface area contributed by atoms with Gasteiger partial charge in [-0.05, 0) is 43.7 Å². The summed E-state index contributed by atoms with van der Waals surface area (Å²) in [6.07, 6.45) is -4.57. The highest BCUT2D eigenvalue weighted by atomic mass is 19.4. The van der Waals surface area contributed by atoms with Gasteiger partial charge < -0.3 is 4.90 Å². The Morgan fingerprint density at radius 3 is 2.17 bits per heavy atom. The van der Waals surface area contributed by atoms with E-state index in [1.165, 1.54) is 16.5 Å². The summed E-state index contributed by atoms with van der Waals surface area (Å²) in [6.45, 7) is 7.32. The smallest absolute Gasteiger partial charge is 0.344 e. The van der Waals surface area contributed by atoms with Gasteiger partial charge in [-0.3, -0.25) is 0 Å².